The normalized spacial score (nSPS) is 16.9. The van der Waals surface area contributed by atoms with Crippen molar-refractivity contribution in [2.24, 2.45) is 10.9 Å². The molecule has 1 aromatic rings. The average Bonchev–Trinajstić information content (AvgIpc) is 3.16. The fourth-order valence-corrected chi connectivity index (χ4v) is 5.85. The number of hydrogen-bond acceptors (Lipinski definition) is 5. The van der Waals surface area contributed by atoms with Crippen LogP contribution in [0.5, 0.6) is 0 Å². The van der Waals surface area contributed by atoms with Gasteiger partial charge in [0.2, 0.25) is 0 Å². The molecule has 0 bridgehead atoms. The van der Waals surface area contributed by atoms with Crippen LogP contribution in [0.3, 0.4) is 0 Å². The van der Waals surface area contributed by atoms with E-state index in [-0.39, 0.29) is 24.8 Å². The van der Waals surface area contributed by atoms with Crippen LogP contribution in [-0.4, -0.2) is 36.4 Å². The van der Waals surface area contributed by atoms with Crippen molar-refractivity contribution in [3.05, 3.63) is 15.4 Å². The minimum absolute atomic E-state index is 0.0349. The predicted molar refractivity (Wildman–Crippen MR) is 81.7 cm³/mol. The third kappa shape index (κ3) is 3.33. The van der Waals surface area contributed by atoms with Crippen molar-refractivity contribution in [2.75, 3.05) is 6.54 Å². The Bertz CT molecular complexity index is 603. The van der Waals surface area contributed by atoms with Crippen molar-refractivity contribution in [3.63, 3.8) is 0 Å². The lowest BCUT2D eigenvalue weighted by Gasteiger charge is -2.20. The Morgan fingerprint density at radius 2 is 2.30 bits per heavy atom. The Morgan fingerprint density at radius 3 is 2.75 bits per heavy atom. The molecule has 0 radical (unpaired) electrons. The van der Waals surface area contributed by atoms with Crippen LogP contribution in [0.25, 0.3) is 0 Å². The summed E-state index contributed by atoms with van der Waals surface area (Å²) in [6.07, 6.45) is 1.94. The van der Waals surface area contributed by atoms with E-state index in [1.807, 2.05) is 6.92 Å². The first-order valence-electron chi connectivity index (χ1n) is 6.10. The molecular formula is C11H16BrN3O3S2. The van der Waals surface area contributed by atoms with Gasteiger partial charge in [-0.2, -0.15) is 4.31 Å². The number of oxime groups is 1. The van der Waals surface area contributed by atoms with Gasteiger partial charge in [-0.25, -0.2) is 8.42 Å². The molecule has 1 aromatic heterocycles. The molecule has 0 unspecified atom stereocenters. The molecule has 1 saturated carbocycles. The lowest BCUT2D eigenvalue weighted by Crippen LogP contribution is -2.35. The number of halogens is 1. The number of amidine groups is 1. The number of hydrogen-bond donors (Lipinski definition) is 2. The van der Waals surface area contributed by atoms with Gasteiger partial charge in [-0.3, -0.25) is 0 Å². The van der Waals surface area contributed by atoms with Crippen LogP contribution in [-0.2, 0) is 10.0 Å². The third-order valence-corrected chi connectivity index (χ3v) is 7.61. The van der Waals surface area contributed by atoms with Crippen LogP contribution in [0, 0.1) is 6.92 Å². The predicted octanol–water partition coefficient (Wildman–Crippen LogP) is 2.11. The largest absolute Gasteiger partial charge is 0.409 e. The molecule has 0 saturated heterocycles. The van der Waals surface area contributed by atoms with Crippen LogP contribution >= 0.6 is 27.3 Å². The Morgan fingerprint density at radius 1 is 1.65 bits per heavy atom. The van der Waals surface area contributed by atoms with Gasteiger partial charge < -0.3 is 10.9 Å². The molecule has 0 atom stereocenters. The van der Waals surface area contributed by atoms with Gasteiger partial charge in [-0.1, -0.05) is 5.16 Å². The topological polar surface area (TPSA) is 96.0 Å². The number of nitrogens with zero attached hydrogens (tertiary/aromatic N) is 2. The maximum Gasteiger partial charge on any atom is 0.252 e. The van der Waals surface area contributed by atoms with E-state index < -0.39 is 10.0 Å². The highest BCUT2D eigenvalue weighted by Gasteiger charge is 2.38. The van der Waals surface area contributed by atoms with Crippen LogP contribution in [0.1, 0.15) is 24.8 Å². The van der Waals surface area contributed by atoms with E-state index in [1.165, 1.54) is 15.6 Å². The molecule has 6 nitrogen and oxygen atoms in total. The molecular weight excluding hydrogens is 366 g/mol. The monoisotopic (exact) mass is 381 g/mol. The van der Waals surface area contributed by atoms with Crippen LogP contribution in [0.2, 0.25) is 0 Å². The summed E-state index contributed by atoms with van der Waals surface area (Å²) in [4.78, 5) is 0. The Balaban J connectivity index is 2.23. The number of rotatable bonds is 6. The summed E-state index contributed by atoms with van der Waals surface area (Å²) in [5.41, 5.74) is 6.33. The first kappa shape index (κ1) is 15.7. The quantitative estimate of drug-likeness (QED) is 0.341. The zero-order chi connectivity index (χ0) is 14.9. The van der Waals surface area contributed by atoms with Gasteiger partial charge in [-0.15, -0.1) is 11.3 Å². The summed E-state index contributed by atoms with van der Waals surface area (Å²) in [7, 11) is -3.51. The van der Waals surface area contributed by atoms with Gasteiger partial charge in [0.25, 0.3) is 10.0 Å². The zero-order valence-corrected chi connectivity index (χ0v) is 14.1. The standard InChI is InChI=1S/C11H16BrN3O3S2/c1-7-6-10(19-11(7)12)20(17,18)15(8-2-3-8)5-4-9(13)14-16/h6,8,16H,2-5H2,1H3,(H2,13,14). The molecule has 1 aliphatic rings. The minimum atomic E-state index is -3.51. The molecule has 2 rings (SSSR count). The summed E-state index contributed by atoms with van der Waals surface area (Å²) in [6, 6.07) is 1.70. The van der Waals surface area contributed by atoms with Gasteiger partial charge in [-0.05, 0) is 47.3 Å². The second-order valence-electron chi connectivity index (χ2n) is 4.71. The summed E-state index contributed by atoms with van der Waals surface area (Å²) in [6.45, 7) is 2.09. The number of thiophene rings is 1. The summed E-state index contributed by atoms with van der Waals surface area (Å²) in [5, 5.41) is 11.4. The van der Waals surface area contributed by atoms with Gasteiger partial charge in [0.15, 0.2) is 0 Å². The van der Waals surface area contributed by atoms with E-state index in [2.05, 4.69) is 21.1 Å². The number of nitrogens with two attached hydrogens (primary N) is 1. The molecule has 1 aliphatic carbocycles. The van der Waals surface area contributed by atoms with Crippen molar-refractivity contribution < 1.29 is 13.6 Å². The molecule has 20 heavy (non-hydrogen) atoms. The van der Waals surface area contributed by atoms with E-state index in [9.17, 15) is 8.42 Å². The van der Waals surface area contributed by atoms with Crippen LogP contribution in [0.15, 0.2) is 19.2 Å². The van der Waals surface area contributed by atoms with E-state index in [4.69, 9.17) is 10.9 Å². The second-order valence-corrected chi connectivity index (χ2v) is 9.20. The highest BCUT2D eigenvalue weighted by atomic mass is 79.9. The Labute approximate surface area is 130 Å². The average molecular weight is 382 g/mol. The van der Waals surface area contributed by atoms with Crippen LogP contribution < -0.4 is 5.73 Å². The number of aryl methyl sites for hydroxylation is 1. The highest BCUT2D eigenvalue weighted by Crippen LogP contribution is 2.37. The molecule has 1 heterocycles. The van der Waals surface area contributed by atoms with E-state index in [0.717, 1.165) is 22.2 Å². The van der Waals surface area contributed by atoms with E-state index in [0.29, 0.717) is 4.21 Å². The van der Waals surface area contributed by atoms with Crippen molar-refractivity contribution in [1.82, 2.24) is 4.31 Å². The molecule has 9 heteroatoms. The SMILES string of the molecule is Cc1cc(S(=O)(=O)N(CC/C(N)=N/O)C2CC2)sc1Br. The Hall–Kier alpha value is -0.640. The molecule has 0 aliphatic heterocycles. The maximum absolute atomic E-state index is 12.7. The van der Waals surface area contributed by atoms with Gasteiger partial charge >= 0.3 is 0 Å². The fraction of sp³-hybridized carbons (Fsp3) is 0.545. The first-order valence-corrected chi connectivity index (χ1v) is 9.15. The lowest BCUT2D eigenvalue weighted by molar-refractivity contribution is 0.315. The molecule has 0 spiro atoms. The minimum Gasteiger partial charge on any atom is -0.409 e. The fourth-order valence-electron chi connectivity index (χ4n) is 1.81. The van der Waals surface area contributed by atoms with Crippen molar-refractivity contribution in [3.8, 4) is 0 Å². The second kappa shape index (κ2) is 6.00. The third-order valence-electron chi connectivity index (χ3n) is 3.07. The van der Waals surface area contributed by atoms with Crippen LogP contribution in [0.4, 0.5) is 0 Å². The zero-order valence-electron chi connectivity index (χ0n) is 10.9. The van der Waals surface area contributed by atoms with Crippen molar-refractivity contribution in [1.29, 1.82) is 0 Å². The molecule has 0 amide bonds. The molecule has 3 N–H and O–H groups in total. The van der Waals surface area contributed by atoms with Gasteiger partial charge in [0.05, 0.1) is 3.79 Å². The summed E-state index contributed by atoms with van der Waals surface area (Å²) < 4.78 is 27.9. The molecule has 1 fully saturated rings. The highest BCUT2D eigenvalue weighted by molar-refractivity contribution is 9.11. The van der Waals surface area contributed by atoms with Crippen molar-refractivity contribution in [2.45, 2.75) is 36.4 Å². The summed E-state index contributed by atoms with van der Waals surface area (Å²) in [5.74, 6) is 0.0365. The lowest BCUT2D eigenvalue weighted by atomic mass is 10.4. The molecule has 0 aromatic carbocycles. The molecule has 112 valence electrons. The van der Waals surface area contributed by atoms with E-state index >= 15 is 0 Å². The van der Waals surface area contributed by atoms with Gasteiger partial charge in [0, 0.05) is 19.0 Å². The maximum atomic E-state index is 12.7. The Kier molecular flexibility index (Phi) is 4.73. The van der Waals surface area contributed by atoms with Crippen molar-refractivity contribution >= 4 is 43.1 Å². The summed E-state index contributed by atoms with van der Waals surface area (Å²) >= 11 is 4.56. The first-order chi connectivity index (χ1) is 9.36. The van der Waals surface area contributed by atoms with E-state index in [1.54, 1.807) is 6.07 Å². The number of sulfonamides is 1. The van der Waals surface area contributed by atoms with Gasteiger partial charge in [0.1, 0.15) is 10.0 Å². The smallest absolute Gasteiger partial charge is 0.252 e.